The Hall–Kier alpha value is -0.0800. The van der Waals surface area contributed by atoms with Crippen molar-refractivity contribution >= 4 is 0 Å². The fourth-order valence-electron chi connectivity index (χ4n) is 4.70. The summed E-state index contributed by atoms with van der Waals surface area (Å²) in [6.45, 7) is 5.66. The van der Waals surface area contributed by atoms with E-state index in [0.717, 1.165) is 24.3 Å². The zero-order valence-corrected chi connectivity index (χ0v) is 12.0. The molecule has 0 radical (unpaired) electrons. The van der Waals surface area contributed by atoms with Crippen LogP contribution in [0.15, 0.2) is 0 Å². The van der Waals surface area contributed by atoms with Gasteiger partial charge in [0, 0.05) is 6.04 Å². The number of hydrogen-bond donors (Lipinski definition) is 1. The van der Waals surface area contributed by atoms with Crippen molar-refractivity contribution < 1.29 is 4.74 Å². The van der Waals surface area contributed by atoms with Crippen molar-refractivity contribution in [2.24, 2.45) is 17.8 Å². The molecule has 3 aliphatic rings. The number of hydrogen-bond acceptors (Lipinski definition) is 2. The van der Waals surface area contributed by atoms with Crippen LogP contribution < -0.4 is 5.32 Å². The zero-order valence-electron chi connectivity index (χ0n) is 12.0. The first kappa shape index (κ1) is 12.9. The van der Waals surface area contributed by atoms with Crippen molar-refractivity contribution in [2.75, 3.05) is 6.54 Å². The summed E-state index contributed by atoms with van der Waals surface area (Å²) in [6.07, 6.45) is 10.7. The third kappa shape index (κ3) is 2.46. The highest BCUT2D eigenvalue weighted by molar-refractivity contribution is 4.99. The van der Waals surface area contributed by atoms with Crippen molar-refractivity contribution in [3.63, 3.8) is 0 Å². The van der Waals surface area contributed by atoms with Gasteiger partial charge in [0.25, 0.3) is 0 Å². The van der Waals surface area contributed by atoms with Gasteiger partial charge in [-0.05, 0) is 69.7 Å². The molecule has 0 spiro atoms. The molecule has 104 valence electrons. The number of ether oxygens (including phenoxy) is 1. The summed E-state index contributed by atoms with van der Waals surface area (Å²) in [5.74, 6) is 2.96. The van der Waals surface area contributed by atoms with Crippen LogP contribution in [0.5, 0.6) is 0 Å². The van der Waals surface area contributed by atoms with Gasteiger partial charge in [0.05, 0.1) is 12.2 Å². The van der Waals surface area contributed by atoms with Gasteiger partial charge < -0.3 is 10.1 Å². The van der Waals surface area contributed by atoms with E-state index in [1.165, 1.54) is 44.9 Å². The lowest BCUT2D eigenvalue weighted by molar-refractivity contribution is 0.00913. The number of nitrogens with one attached hydrogen (secondary N) is 1. The van der Waals surface area contributed by atoms with Crippen LogP contribution in [0.25, 0.3) is 0 Å². The molecule has 1 heterocycles. The molecule has 6 atom stereocenters. The van der Waals surface area contributed by atoms with Gasteiger partial charge in [-0.25, -0.2) is 0 Å². The molecule has 2 saturated carbocycles. The summed E-state index contributed by atoms with van der Waals surface area (Å²) in [7, 11) is 0. The molecule has 6 unspecified atom stereocenters. The van der Waals surface area contributed by atoms with Crippen LogP contribution in [0.3, 0.4) is 0 Å². The van der Waals surface area contributed by atoms with E-state index in [2.05, 4.69) is 19.2 Å². The third-order valence-electron chi connectivity index (χ3n) is 5.55. The Kier molecular flexibility index (Phi) is 3.95. The van der Waals surface area contributed by atoms with Crippen LogP contribution in [-0.2, 0) is 4.74 Å². The normalized spacial score (nSPS) is 44.7. The molecule has 2 heteroatoms. The van der Waals surface area contributed by atoms with E-state index in [0.29, 0.717) is 18.2 Å². The Labute approximate surface area is 112 Å². The highest BCUT2D eigenvalue weighted by Crippen LogP contribution is 2.50. The minimum absolute atomic E-state index is 0.486. The molecule has 2 nitrogen and oxygen atoms in total. The molecule has 3 rings (SSSR count). The molecular formula is C16H29NO. The van der Waals surface area contributed by atoms with Crippen molar-refractivity contribution in [3.8, 4) is 0 Å². The van der Waals surface area contributed by atoms with Gasteiger partial charge in [-0.3, -0.25) is 0 Å². The average molecular weight is 251 g/mol. The Morgan fingerprint density at radius 1 is 1.17 bits per heavy atom. The van der Waals surface area contributed by atoms with E-state index in [-0.39, 0.29) is 0 Å². The van der Waals surface area contributed by atoms with E-state index in [9.17, 15) is 0 Å². The summed E-state index contributed by atoms with van der Waals surface area (Å²) in [4.78, 5) is 0. The Balaban J connectivity index is 1.65. The molecular weight excluding hydrogens is 222 g/mol. The molecule has 2 aliphatic carbocycles. The fraction of sp³-hybridized carbons (Fsp3) is 1.00. The van der Waals surface area contributed by atoms with Crippen molar-refractivity contribution in [1.29, 1.82) is 0 Å². The van der Waals surface area contributed by atoms with Gasteiger partial charge in [-0.2, -0.15) is 0 Å². The molecule has 0 aromatic carbocycles. The van der Waals surface area contributed by atoms with Crippen LogP contribution >= 0.6 is 0 Å². The lowest BCUT2D eigenvalue weighted by Gasteiger charge is -2.35. The zero-order chi connectivity index (χ0) is 12.5. The summed E-state index contributed by atoms with van der Waals surface area (Å²) in [5.41, 5.74) is 0. The maximum Gasteiger partial charge on any atom is 0.0735 e. The lowest BCUT2D eigenvalue weighted by atomic mass is 9.80. The van der Waals surface area contributed by atoms with Crippen LogP contribution in [0.1, 0.15) is 58.8 Å². The predicted molar refractivity (Wildman–Crippen MR) is 74.6 cm³/mol. The Bertz CT molecular complexity index is 280. The second kappa shape index (κ2) is 5.50. The lowest BCUT2D eigenvalue weighted by Crippen LogP contribution is -2.47. The molecule has 0 aromatic rings. The van der Waals surface area contributed by atoms with Gasteiger partial charge in [0.1, 0.15) is 0 Å². The maximum absolute atomic E-state index is 6.18. The standard InChI is InChI=1S/C16H29NO/c1-3-8-17-16(15-7-4-11(2)18-15)14-10-12-5-6-13(14)9-12/h11-17H,3-10H2,1-2H3. The van der Waals surface area contributed by atoms with E-state index >= 15 is 0 Å². The molecule has 1 N–H and O–H groups in total. The topological polar surface area (TPSA) is 21.3 Å². The quantitative estimate of drug-likeness (QED) is 0.809. The molecule has 1 saturated heterocycles. The van der Waals surface area contributed by atoms with E-state index in [1.807, 2.05) is 0 Å². The van der Waals surface area contributed by atoms with Gasteiger partial charge in [0.15, 0.2) is 0 Å². The second-order valence-electron chi connectivity index (χ2n) is 6.88. The fourth-order valence-corrected chi connectivity index (χ4v) is 4.70. The van der Waals surface area contributed by atoms with Crippen LogP contribution in [0.4, 0.5) is 0 Å². The summed E-state index contributed by atoms with van der Waals surface area (Å²) < 4.78 is 6.18. The SMILES string of the molecule is CCCNC(C1CCC(C)O1)C1CC2CCC1C2. The molecule has 18 heavy (non-hydrogen) atoms. The molecule has 2 bridgehead atoms. The smallest absolute Gasteiger partial charge is 0.0735 e. The first-order chi connectivity index (χ1) is 8.78. The third-order valence-corrected chi connectivity index (χ3v) is 5.55. The maximum atomic E-state index is 6.18. The van der Waals surface area contributed by atoms with Gasteiger partial charge in [-0.15, -0.1) is 0 Å². The highest BCUT2D eigenvalue weighted by Gasteiger charge is 2.46. The molecule has 0 amide bonds. The molecule has 1 aliphatic heterocycles. The minimum atomic E-state index is 0.486. The predicted octanol–water partition coefficient (Wildman–Crippen LogP) is 3.36. The summed E-state index contributed by atoms with van der Waals surface area (Å²) in [5, 5.41) is 3.83. The highest BCUT2D eigenvalue weighted by atomic mass is 16.5. The average Bonchev–Trinajstić information content (AvgIpc) is 3.06. The van der Waals surface area contributed by atoms with Gasteiger partial charge in [-0.1, -0.05) is 13.3 Å². The Morgan fingerprint density at radius 2 is 2.06 bits per heavy atom. The van der Waals surface area contributed by atoms with Crippen LogP contribution in [-0.4, -0.2) is 24.8 Å². The second-order valence-corrected chi connectivity index (χ2v) is 6.88. The van der Waals surface area contributed by atoms with Crippen LogP contribution in [0.2, 0.25) is 0 Å². The summed E-state index contributed by atoms with van der Waals surface area (Å²) >= 11 is 0. The Morgan fingerprint density at radius 3 is 2.61 bits per heavy atom. The number of rotatable bonds is 5. The van der Waals surface area contributed by atoms with E-state index < -0.39 is 0 Å². The molecule has 0 aromatic heterocycles. The van der Waals surface area contributed by atoms with Gasteiger partial charge in [0.2, 0.25) is 0 Å². The van der Waals surface area contributed by atoms with Crippen LogP contribution in [0, 0.1) is 17.8 Å². The minimum Gasteiger partial charge on any atom is -0.374 e. The van der Waals surface area contributed by atoms with E-state index in [1.54, 1.807) is 0 Å². The van der Waals surface area contributed by atoms with Gasteiger partial charge >= 0.3 is 0 Å². The molecule has 3 fully saturated rings. The largest absolute Gasteiger partial charge is 0.374 e. The first-order valence-electron chi connectivity index (χ1n) is 8.16. The summed E-state index contributed by atoms with van der Waals surface area (Å²) in [6, 6.07) is 0.644. The number of fused-ring (bicyclic) bond motifs is 2. The van der Waals surface area contributed by atoms with Crippen molar-refractivity contribution in [2.45, 2.75) is 77.0 Å². The monoisotopic (exact) mass is 251 g/mol. The van der Waals surface area contributed by atoms with Crippen molar-refractivity contribution in [3.05, 3.63) is 0 Å². The van der Waals surface area contributed by atoms with E-state index in [4.69, 9.17) is 4.74 Å². The first-order valence-corrected chi connectivity index (χ1v) is 8.16. The van der Waals surface area contributed by atoms with Crippen molar-refractivity contribution in [1.82, 2.24) is 5.32 Å².